The first kappa shape index (κ1) is 10.9. The summed E-state index contributed by atoms with van der Waals surface area (Å²) >= 11 is 12.9. The number of rotatable bonds is 2. The summed E-state index contributed by atoms with van der Waals surface area (Å²) in [4.78, 5) is 4.93. The molecule has 2 rings (SSSR count). The zero-order valence-electron chi connectivity index (χ0n) is 7.58. The molecule has 0 saturated carbocycles. The van der Waals surface area contributed by atoms with Gasteiger partial charge in [-0.1, -0.05) is 35.3 Å². The molecule has 0 amide bonds. The highest BCUT2D eigenvalue weighted by Crippen LogP contribution is 2.31. The summed E-state index contributed by atoms with van der Waals surface area (Å²) in [6.45, 7) is -0.0532. The van der Waals surface area contributed by atoms with Crippen LogP contribution in [0.1, 0.15) is 4.88 Å². The summed E-state index contributed by atoms with van der Waals surface area (Å²) in [5, 5.41) is 9.81. The third kappa shape index (κ3) is 2.32. The van der Waals surface area contributed by atoms with E-state index in [0.717, 1.165) is 16.1 Å². The molecule has 0 spiro atoms. The molecule has 1 aromatic carbocycles. The smallest absolute Gasteiger partial charge is 0.184 e. The number of aromatic nitrogens is 1. The Kier molecular flexibility index (Phi) is 3.26. The number of aliphatic hydroxyl groups is 1. The fraction of sp³-hybridized carbons (Fsp3) is 0.100. The van der Waals surface area contributed by atoms with Crippen molar-refractivity contribution in [3.63, 3.8) is 0 Å². The van der Waals surface area contributed by atoms with Crippen molar-refractivity contribution < 1.29 is 5.11 Å². The average Bonchev–Trinajstić information content (AvgIpc) is 2.61. The molecule has 1 N–H and O–H groups in total. The maximum atomic E-state index is 9.13. The van der Waals surface area contributed by atoms with Crippen LogP contribution in [-0.4, -0.2) is 10.1 Å². The minimum absolute atomic E-state index is 0.0532. The Morgan fingerprint density at radius 1 is 1.20 bits per heavy atom. The first-order valence-electron chi connectivity index (χ1n) is 4.22. The molecule has 15 heavy (non-hydrogen) atoms. The van der Waals surface area contributed by atoms with Crippen molar-refractivity contribution in [3.8, 4) is 11.3 Å². The van der Waals surface area contributed by atoms with Crippen molar-refractivity contribution in [2.24, 2.45) is 0 Å². The first-order valence-corrected chi connectivity index (χ1v) is 5.80. The number of aliphatic hydroxyl groups excluding tert-OH is 1. The summed E-state index contributed by atoms with van der Waals surface area (Å²) < 4.78 is 0.434. The molecule has 0 aliphatic heterocycles. The van der Waals surface area contributed by atoms with E-state index in [4.69, 9.17) is 28.3 Å². The molecule has 1 heterocycles. The fourth-order valence-electron chi connectivity index (χ4n) is 1.26. The van der Waals surface area contributed by atoms with E-state index in [0.29, 0.717) is 9.49 Å². The third-order valence-corrected chi connectivity index (χ3v) is 3.33. The maximum Gasteiger partial charge on any atom is 0.184 e. The van der Waals surface area contributed by atoms with Gasteiger partial charge in [0.15, 0.2) is 4.47 Å². The molecule has 0 unspecified atom stereocenters. The highest BCUT2D eigenvalue weighted by atomic mass is 35.5. The Labute approximate surface area is 101 Å². The van der Waals surface area contributed by atoms with Gasteiger partial charge in [-0.2, -0.15) is 0 Å². The van der Waals surface area contributed by atoms with Gasteiger partial charge in [-0.3, -0.25) is 0 Å². The molecule has 5 heteroatoms. The topological polar surface area (TPSA) is 33.1 Å². The molecular formula is C10H7Cl2NOS. The molecule has 2 aromatic rings. The van der Waals surface area contributed by atoms with Crippen molar-refractivity contribution in [1.82, 2.24) is 4.98 Å². The Hall–Kier alpha value is -0.610. The van der Waals surface area contributed by atoms with E-state index in [1.54, 1.807) is 12.1 Å². The van der Waals surface area contributed by atoms with E-state index in [1.807, 2.05) is 12.1 Å². The van der Waals surface area contributed by atoms with Gasteiger partial charge in [0.1, 0.15) is 0 Å². The third-order valence-electron chi connectivity index (χ3n) is 1.93. The van der Waals surface area contributed by atoms with E-state index >= 15 is 0 Å². The van der Waals surface area contributed by atoms with Gasteiger partial charge in [0.2, 0.25) is 0 Å². The Morgan fingerprint density at radius 3 is 2.47 bits per heavy atom. The molecule has 0 saturated heterocycles. The lowest BCUT2D eigenvalue weighted by molar-refractivity contribution is 0.286. The number of hydrogen-bond donors (Lipinski definition) is 1. The predicted molar refractivity (Wildman–Crippen MR) is 63.5 cm³/mol. The first-order chi connectivity index (χ1) is 7.20. The van der Waals surface area contributed by atoms with Crippen molar-refractivity contribution in [1.29, 1.82) is 0 Å². The van der Waals surface area contributed by atoms with E-state index < -0.39 is 0 Å². The maximum absolute atomic E-state index is 9.13. The predicted octanol–water partition coefficient (Wildman–Crippen LogP) is 3.61. The Balaban J connectivity index is 2.48. The standard InChI is InChI=1S/C10H7Cl2NOS/c11-7-3-1-6(2-4-7)9-8(5-14)15-10(12)13-9/h1-4,14H,5H2. The van der Waals surface area contributed by atoms with Crippen LogP contribution in [0.25, 0.3) is 11.3 Å². The normalized spacial score (nSPS) is 10.6. The highest BCUT2D eigenvalue weighted by molar-refractivity contribution is 7.16. The van der Waals surface area contributed by atoms with Gasteiger partial charge in [0.05, 0.1) is 17.2 Å². The van der Waals surface area contributed by atoms with Gasteiger partial charge < -0.3 is 5.11 Å². The van der Waals surface area contributed by atoms with Gasteiger partial charge in [0, 0.05) is 10.6 Å². The summed E-state index contributed by atoms with van der Waals surface area (Å²) in [6.07, 6.45) is 0. The zero-order chi connectivity index (χ0) is 10.8. The number of thiazole rings is 1. The molecule has 2 nitrogen and oxygen atoms in total. The molecule has 0 atom stereocenters. The van der Waals surface area contributed by atoms with E-state index in [2.05, 4.69) is 4.98 Å². The van der Waals surface area contributed by atoms with Crippen LogP contribution in [0, 0.1) is 0 Å². The van der Waals surface area contributed by atoms with Crippen molar-refractivity contribution >= 4 is 34.5 Å². The van der Waals surface area contributed by atoms with Crippen LogP contribution in [0.4, 0.5) is 0 Å². The minimum atomic E-state index is -0.0532. The fourth-order valence-corrected chi connectivity index (χ4v) is 2.42. The number of halogens is 2. The van der Waals surface area contributed by atoms with Crippen LogP contribution in [0.5, 0.6) is 0 Å². The van der Waals surface area contributed by atoms with E-state index in [9.17, 15) is 0 Å². The summed E-state index contributed by atoms with van der Waals surface area (Å²) in [5.74, 6) is 0. The van der Waals surface area contributed by atoms with Crippen LogP contribution >= 0.6 is 34.5 Å². The average molecular weight is 260 g/mol. The number of nitrogens with zero attached hydrogens (tertiary/aromatic N) is 1. The zero-order valence-corrected chi connectivity index (χ0v) is 9.90. The molecule has 0 fully saturated rings. The second kappa shape index (κ2) is 4.49. The number of benzene rings is 1. The van der Waals surface area contributed by atoms with Crippen molar-refractivity contribution in [2.45, 2.75) is 6.61 Å². The quantitative estimate of drug-likeness (QED) is 0.894. The van der Waals surface area contributed by atoms with Gasteiger partial charge in [0.25, 0.3) is 0 Å². The summed E-state index contributed by atoms with van der Waals surface area (Å²) in [7, 11) is 0. The lowest BCUT2D eigenvalue weighted by Gasteiger charge is -1.99. The number of hydrogen-bond acceptors (Lipinski definition) is 3. The summed E-state index contributed by atoms with van der Waals surface area (Å²) in [5.41, 5.74) is 1.63. The molecular weight excluding hydrogens is 253 g/mol. The van der Waals surface area contributed by atoms with Gasteiger partial charge in [-0.05, 0) is 12.1 Å². The Bertz CT molecular complexity index is 467. The van der Waals surface area contributed by atoms with E-state index in [1.165, 1.54) is 11.3 Å². The largest absolute Gasteiger partial charge is 0.391 e. The van der Waals surface area contributed by atoms with Crippen LogP contribution in [0.15, 0.2) is 24.3 Å². The Morgan fingerprint density at radius 2 is 1.87 bits per heavy atom. The van der Waals surface area contributed by atoms with Crippen molar-refractivity contribution in [3.05, 3.63) is 38.6 Å². The van der Waals surface area contributed by atoms with E-state index in [-0.39, 0.29) is 6.61 Å². The van der Waals surface area contributed by atoms with Gasteiger partial charge >= 0.3 is 0 Å². The second-order valence-electron chi connectivity index (χ2n) is 2.90. The SMILES string of the molecule is OCc1sc(Cl)nc1-c1ccc(Cl)cc1. The molecule has 78 valence electrons. The lowest BCUT2D eigenvalue weighted by atomic mass is 10.1. The van der Waals surface area contributed by atoms with Crippen LogP contribution in [0.3, 0.4) is 0 Å². The van der Waals surface area contributed by atoms with Crippen LogP contribution in [0.2, 0.25) is 9.49 Å². The minimum Gasteiger partial charge on any atom is -0.391 e. The molecule has 1 aromatic heterocycles. The van der Waals surface area contributed by atoms with Crippen LogP contribution < -0.4 is 0 Å². The second-order valence-corrected chi connectivity index (χ2v) is 5.01. The lowest BCUT2D eigenvalue weighted by Crippen LogP contribution is -1.84. The highest BCUT2D eigenvalue weighted by Gasteiger charge is 2.10. The van der Waals surface area contributed by atoms with Gasteiger partial charge in [-0.15, -0.1) is 11.3 Å². The monoisotopic (exact) mass is 259 g/mol. The molecule has 0 bridgehead atoms. The molecule has 0 aliphatic rings. The molecule has 0 aliphatic carbocycles. The van der Waals surface area contributed by atoms with Crippen molar-refractivity contribution in [2.75, 3.05) is 0 Å². The van der Waals surface area contributed by atoms with Crippen LogP contribution in [-0.2, 0) is 6.61 Å². The summed E-state index contributed by atoms with van der Waals surface area (Å²) in [6, 6.07) is 7.27. The molecule has 0 radical (unpaired) electrons. The van der Waals surface area contributed by atoms with Gasteiger partial charge in [-0.25, -0.2) is 4.98 Å².